The van der Waals surface area contributed by atoms with E-state index in [1.807, 2.05) is 68.4 Å². The SMILES string of the molecule is COc1ccc(-c2cc(C)cc(OCc3c(C)cccc3-n3nnn(C)c3=O)c2)cc1. The monoisotopic (exact) mass is 416 g/mol. The number of tetrazole rings is 1. The van der Waals surface area contributed by atoms with E-state index in [1.165, 1.54) is 9.36 Å². The normalized spacial score (nSPS) is 10.8. The molecule has 0 fully saturated rings. The van der Waals surface area contributed by atoms with E-state index in [0.29, 0.717) is 12.3 Å². The van der Waals surface area contributed by atoms with E-state index >= 15 is 0 Å². The summed E-state index contributed by atoms with van der Waals surface area (Å²) in [6, 6.07) is 19.8. The van der Waals surface area contributed by atoms with E-state index in [0.717, 1.165) is 39.3 Å². The van der Waals surface area contributed by atoms with Crippen molar-refractivity contribution in [2.24, 2.45) is 7.05 Å². The van der Waals surface area contributed by atoms with Gasteiger partial charge in [0.2, 0.25) is 0 Å². The van der Waals surface area contributed by atoms with Gasteiger partial charge in [-0.1, -0.05) is 30.3 Å². The predicted octanol–water partition coefficient (Wildman–Crippen LogP) is 3.84. The zero-order valence-electron chi connectivity index (χ0n) is 18.0. The van der Waals surface area contributed by atoms with Gasteiger partial charge in [0, 0.05) is 12.6 Å². The molecule has 0 aliphatic rings. The van der Waals surface area contributed by atoms with E-state index in [-0.39, 0.29) is 5.69 Å². The fraction of sp³-hybridized carbons (Fsp3) is 0.208. The fourth-order valence-corrected chi connectivity index (χ4v) is 3.47. The minimum atomic E-state index is -0.302. The highest BCUT2D eigenvalue weighted by atomic mass is 16.5. The second-order valence-corrected chi connectivity index (χ2v) is 7.42. The molecule has 0 bridgehead atoms. The Morgan fingerprint density at radius 2 is 1.68 bits per heavy atom. The largest absolute Gasteiger partial charge is 0.497 e. The zero-order valence-corrected chi connectivity index (χ0v) is 18.0. The molecule has 0 saturated heterocycles. The van der Waals surface area contributed by atoms with Crippen molar-refractivity contribution in [2.75, 3.05) is 7.11 Å². The van der Waals surface area contributed by atoms with E-state index in [1.54, 1.807) is 14.2 Å². The maximum Gasteiger partial charge on any atom is 0.368 e. The number of aromatic nitrogens is 4. The highest BCUT2D eigenvalue weighted by Crippen LogP contribution is 2.28. The number of hydrogen-bond donors (Lipinski definition) is 0. The summed E-state index contributed by atoms with van der Waals surface area (Å²) in [6.07, 6.45) is 0. The number of methoxy groups -OCH3 is 1. The Hall–Kier alpha value is -3.87. The number of hydrogen-bond acceptors (Lipinski definition) is 5. The van der Waals surface area contributed by atoms with Crippen LogP contribution < -0.4 is 15.2 Å². The maximum atomic E-state index is 12.4. The van der Waals surface area contributed by atoms with Crippen molar-refractivity contribution in [3.8, 4) is 28.3 Å². The first-order chi connectivity index (χ1) is 15.0. The lowest BCUT2D eigenvalue weighted by Crippen LogP contribution is -2.23. The molecule has 0 radical (unpaired) electrons. The Morgan fingerprint density at radius 1 is 0.903 bits per heavy atom. The minimum absolute atomic E-state index is 0.302. The summed E-state index contributed by atoms with van der Waals surface area (Å²) < 4.78 is 13.9. The van der Waals surface area contributed by atoms with Crippen molar-refractivity contribution in [2.45, 2.75) is 20.5 Å². The molecule has 0 saturated carbocycles. The van der Waals surface area contributed by atoms with Crippen molar-refractivity contribution >= 4 is 0 Å². The molecule has 0 aliphatic carbocycles. The Labute approximate surface area is 180 Å². The summed E-state index contributed by atoms with van der Waals surface area (Å²) in [4.78, 5) is 12.4. The van der Waals surface area contributed by atoms with E-state index in [4.69, 9.17) is 9.47 Å². The van der Waals surface area contributed by atoms with Gasteiger partial charge in [0.25, 0.3) is 0 Å². The molecule has 4 rings (SSSR count). The molecular formula is C24H24N4O3. The third-order valence-electron chi connectivity index (χ3n) is 5.19. The average Bonchev–Trinajstić information content (AvgIpc) is 3.10. The van der Waals surface area contributed by atoms with Crippen LogP contribution >= 0.6 is 0 Å². The lowest BCUT2D eigenvalue weighted by molar-refractivity contribution is 0.304. The summed E-state index contributed by atoms with van der Waals surface area (Å²) in [6.45, 7) is 4.33. The summed E-state index contributed by atoms with van der Waals surface area (Å²) in [5.74, 6) is 1.57. The van der Waals surface area contributed by atoms with Gasteiger partial charge in [-0.3, -0.25) is 0 Å². The number of benzene rings is 3. The molecule has 31 heavy (non-hydrogen) atoms. The van der Waals surface area contributed by atoms with Crippen molar-refractivity contribution < 1.29 is 9.47 Å². The van der Waals surface area contributed by atoms with E-state index < -0.39 is 0 Å². The quantitative estimate of drug-likeness (QED) is 0.478. The number of rotatable bonds is 6. The van der Waals surface area contributed by atoms with Crippen molar-refractivity contribution in [3.05, 3.63) is 87.8 Å². The third-order valence-corrected chi connectivity index (χ3v) is 5.19. The van der Waals surface area contributed by atoms with Gasteiger partial charge < -0.3 is 9.47 Å². The summed E-state index contributed by atoms with van der Waals surface area (Å²) in [5, 5.41) is 7.79. The van der Waals surface area contributed by atoms with Crippen LogP contribution in [0, 0.1) is 13.8 Å². The van der Waals surface area contributed by atoms with E-state index in [9.17, 15) is 4.79 Å². The molecule has 7 nitrogen and oxygen atoms in total. The van der Waals surface area contributed by atoms with Gasteiger partial charge >= 0.3 is 5.69 Å². The molecule has 158 valence electrons. The molecular weight excluding hydrogens is 392 g/mol. The molecule has 1 aromatic heterocycles. The number of aryl methyl sites for hydroxylation is 3. The second kappa shape index (κ2) is 8.47. The standard InChI is InChI=1S/C24H24N4O3/c1-16-12-19(18-8-10-20(30-4)11-9-18)14-21(13-16)31-15-22-17(2)6-5-7-23(22)28-24(29)27(3)25-26-28/h5-14H,15H2,1-4H3. The number of nitrogens with zero attached hydrogens (tertiary/aromatic N) is 4. The topological polar surface area (TPSA) is 71.2 Å². The van der Waals surface area contributed by atoms with Crippen LogP contribution in [0.1, 0.15) is 16.7 Å². The van der Waals surface area contributed by atoms with Gasteiger partial charge in [-0.2, -0.15) is 9.36 Å². The molecule has 0 N–H and O–H groups in total. The lowest BCUT2D eigenvalue weighted by atomic mass is 10.0. The smallest absolute Gasteiger partial charge is 0.368 e. The first kappa shape index (κ1) is 20.4. The fourth-order valence-electron chi connectivity index (χ4n) is 3.47. The van der Waals surface area contributed by atoms with Crippen LogP contribution in [0.4, 0.5) is 0 Å². The predicted molar refractivity (Wildman–Crippen MR) is 119 cm³/mol. The van der Waals surface area contributed by atoms with Gasteiger partial charge in [-0.25, -0.2) is 4.79 Å². The van der Waals surface area contributed by atoms with Crippen LogP contribution in [-0.4, -0.2) is 26.9 Å². The van der Waals surface area contributed by atoms with Gasteiger partial charge in [0.15, 0.2) is 0 Å². The Morgan fingerprint density at radius 3 is 2.35 bits per heavy atom. The first-order valence-corrected chi connectivity index (χ1v) is 9.93. The molecule has 1 heterocycles. The highest BCUT2D eigenvalue weighted by molar-refractivity contribution is 5.66. The first-order valence-electron chi connectivity index (χ1n) is 9.93. The molecule has 0 unspecified atom stereocenters. The van der Waals surface area contributed by atoms with Crippen molar-refractivity contribution in [1.82, 2.24) is 19.8 Å². The van der Waals surface area contributed by atoms with Crippen LogP contribution in [0.15, 0.2) is 65.5 Å². The maximum absolute atomic E-state index is 12.4. The highest BCUT2D eigenvalue weighted by Gasteiger charge is 2.14. The van der Waals surface area contributed by atoms with Gasteiger partial charge in [0.1, 0.15) is 18.1 Å². The van der Waals surface area contributed by atoms with Gasteiger partial charge in [0.05, 0.1) is 12.8 Å². The lowest BCUT2D eigenvalue weighted by Gasteiger charge is -2.14. The molecule has 3 aromatic carbocycles. The summed E-state index contributed by atoms with van der Waals surface area (Å²) in [7, 11) is 3.23. The molecule has 0 spiro atoms. The zero-order chi connectivity index (χ0) is 22.0. The van der Waals surface area contributed by atoms with Crippen LogP contribution in [0.25, 0.3) is 16.8 Å². The molecule has 0 amide bonds. The van der Waals surface area contributed by atoms with Crippen molar-refractivity contribution in [3.63, 3.8) is 0 Å². The molecule has 7 heteroatoms. The summed E-state index contributed by atoms with van der Waals surface area (Å²) >= 11 is 0. The second-order valence-electron chi connectivity index (χ2n) is 7.42. The third kappa shape index (κ3) is 4.21. The van der Waals surface area contributed by atoms with Gasteiger partial charge in [-0.05, 0) is 76.9 Å². The minimum Gasteiger partial charge on any atom is -0.497 e. The number of ether oxygens (including phenoxy) is 2. The van der Waals surface area contributed by atoms with Crippen LogP contribution in [0.5, 0.6) is 11.5 Å². The Bertz CT molecular complexity index is 1270. The van der Waals surface area contributed by atoms with Gasteiger partial charge in [-0.15, -0.1) is 0 Å². The molecule has 0 aliphatic heterocycles. The Balaban J connectivity index is 1.64. The Kier molecular flexibility index (Phi) is 5.58. The summed E-state index contributed by atoms with van der Waals surface area (Å²) in [5.41, 5.74) is 5.50. The van der Waals surface area contributed by atoms with E-state index in [2.05, 4.69) is 16.5 Å². The van der Waals surface area contributed by atoms with Crippen LogP contribution in [0.3, 0.4) is 0 Å². The van der Waals surface area contributed by atoms with Crippen LogP contribution in [0.2, 0.25) is 0 Å². The average molecular weight is 416 g/mol. The van der Waals surface area contributed by atoms with Crippen molar-refractivity contribution in [1.29, 1.82) is 0 Å². The molecule has 4 aromatic rings. The van der Waals surface area contributed by atoms with Crippen LogP contribution in [-0.2, 0) is 13.7 Å². The molecule has 0 atom stereocenters.